The van der Waals surface area contributed by atoms with Crippen molar-refractivity contribution in [2.24, 2.45) is 7.05 Å². The van der Waals surface area contributed by atoms with Gasteiger partial charge in [-0.3, -0.25) is 14.8 Å². The van der Waals surface area contributed by atoms with E-state index in [-0.39, 0.29) is 16.6 Å². The van der Waals surface area contributed by atoms with Gasteiger partial charge in [0.2, 0.25) is 0 Å². The van der Waals surface area contributed by atoms with E-state index in [0.717, 1.165) is 33.2 Å². The second kappa shape index (κ2) is 8.73. The highest BCUT2D eigenvalue weighted by atomic mass is 32.1. The molecule has 1 amide bonds. The average Bonchev–Trinajstić information content (AvgIpc) is 3.36. The van der Waals surface area contributed by atoms with E-state index in [1.165, 1.54) is 0 Å². The zero-order chi connectivity index (χ0) is 22.8. The number of hydrogen-bond donors (Lipinski definition) is 4. The van der Waals surface area contributed by atoms with Gasteiger partial charge >= 0.3 is 5.97 Å². The molecule has 0 aliphatic carbocycles. The van der Waals surface area contributed by atoms with Crippen LogP contribution in [0.5, 0.6) is 0 Å². The number of rotatable bonds is 7. The van der Waals surface area contributed by atoms with E-state index in [1.807, 2.05) is 37.5 Å². The largest absolute Gasteiger partial charge is 0.477 e. The lowest BCUT2D eigenvalue weighted by molar-refractivity contribution is -0.123. The van der Waals surface area contributed by atoms with E-state index in [9.17, 15) is 14.7 Å². The molecule has 1 atom stereocenters. The van der Waals surface area contributed by atoms with E-state index in [2.05, 4.69) is 25.7 Å². The Morgan fingerprint density at radius 2 is 2.06 bits per heavy atom. The predicted octanol–water partition coefficient (Wildman–Crippen LogP) is 2.51. The van der Waals surface area contributed by atoms with E-state index in [0.29, 0.717) is 11.5 Å². The standard InChI is InChI=1S/C21H20N6O4S/c1-11-17(20(30)31)32-21(25-11)26-19(29)16(28)9-23-18-15-7-13(14-8-24-27(2)10-14)4-3-12(15)5-6-22-18/h3-8,10,16,28H,9H2,1-2H3,(H,22,23)(H,30,31)(H,25,26,29). The smallest absolute Gasteiger partial charge is 0.347 e. The molecular formula is C21H20N6O4S. The van der Waals surface area contributed by atoms with Crippen LogP contribution in [0, 0.1) is 6.92 Å². The number of thiazole rings is 1. The van der Waals surface area contributed by atoms with E-state index in [4.69, 9.17) is 5.11 Å². The van der Waals surface area contributed by atoms with Gasteiger partial charge in [-0.2, -0.15) is 5.10 Å². The second-order valence-corrected chi connectivity index (χ2v) is 8.12. The van der Waals surface area contributed by atoms with Crippen molar-refractivity contribution >= 4 is 44.9 Å². The lowest BCUT2D eigenvalue weighted by atomic mass is 10.0. The zero-order valence-corrected chi connectivity index (χ0v) is 18.1. The molecule has 0 saturated carbocycles. The summed E-state index contributed by atoms with van der Waals surface area (Å²) in [6.45, 7) is 1.45. The topological polar surface area (TPSA) is 142 Å². The Hall–Kier alpha value is -3.83. The van der Waals surface area contributed by atoms with Gasteiger partial charge in [0.25, 0.3) is 5.91 Å². The van der Waals surface area contributed by atoms with Gasteiger partial charge in [0.1, 0.15) is 16.8 Å². The van der Waals surface area contributed by atoms with Gasteiger partial charge < -0.3 is 15.5 Å². The number of amides is 1. The fraction of sp³-hybridized carbons (Fsp3) is 0.190. The van der Waals surface area contributed by atoms with Crippen LogP contribution in [-0.2, 0) is 11.8 Å². The fourth-order valence-corrected chi connectivity index (χ4v) is 3.99. The van der Waals surface area contributed by atoms with Crippen molar-refractivity contribution in [2.45, 2.75) is 13.0 Å². The first kappa shape index (κ1) is 21.4. The Morgan fingerprint density at radius 3 is 2.75 bits per heavy atom. The summed E-state index contributed by atoms with van der Waals surface area (Å²) in [5.41, 5.74) is 2.23. The number of aryl methyl sites for hydroxylation is 2. The summed E-state index contributed by atoms with van der Waals surface area (Å²) in [6, 6.07) is 7.81. The number of aromatic nitrogens is 4. The zero-order valence-electron chi connectivity index (χ0n) is 17.2. The second-order valence-electron chi connectivity index (χ2n) is 7.12. The van der Waals surface area contributed by atoms with Crippen molar-refractivity contribution in [2.75, 3.05) is 17.2 Å². The molecule has 1 aromatic carbocycles. The number of carboxylic acid groups (broad SMARTS) is 1. The van der Waals surface area contributed by atoms with Gasteiger partial charge in [-0.15, -0.1) is 0 Å². The number of anilines is 2. The van der Waals surface area contributed by atoms with Crippen LogP contribution in [-0.4, -0.2) is 54.5 Å². The van der Waals surface area contributed by atoms with Crippen molar-refractivity contribution in [1.29, 1.82) is 0 Å². The molecule has 0 bridgehead atoms. The number of hydrogen-bond acceptors (Lipinski definition) is 8. The minimum Gasteiger partial charge on any atom is -0.477 e. The summed E-state index contributed by atoms with van der Waals surface area (Å²) >= 11 is 0.838. The molecule has 0 aliphatic heterocycles. The quantitative estimate of drug-likeness (QED) is 0.335. The van der Waals surface area contributed by atoms with Gasteiger partial charge in [-0.1, -0.05) is 23.5 Å². The number of fused-ring (bicyclic) bond motifs is 1. The van der Waals surface area contributed by atoms with Crippen molar-refractivity contribution in [3.63, 3.8) is 0 Å². The number of nitrogens with one attached hydrogen (secondary N) is 2. The molecule has 10 nitrogen and oxygen atoms in total. The summed E-state index contributed by atoms with van der Waals surface area (Å²) in [5.74, 6) is -1.28. The highest BCUT2D eigenvalue weighted by Gasteiger charge is 2.20. The molecule has 0 aliphatic rings. The molecule has 4 aromatic rings. The maximum absolute atomic E-state index is 12.3. The van der Waals surface area contributed by atoms with Crippen molar-refractivity contribution < 1.29 is 19.8 Å². The number of nitrogens with zero attached hydrogens (tertiary/aromatic N) is 4. The molecule has 11 heteroatoms. The molecule has 0 spiro atoms. The van der Waals surface area contributed by atoms with E-state index >= 15 is 0 Å². The average molecular weight is 452 g/mol. The number of aliphatic hydroxyl groups excluding tert-OH is 1. The van der Waals surface area contributed by atoms with Crippen LogP contribution < -0.4 is 10.6 Å². The molecule has 0 radical (unpaired) electrons. The van der Waals surface area contributed by atoms with Gasteiger partial charge in [0.05, 0.1) is 18.4 Å². The highest BCUT2D eigenvalue weighted by Crippen LogP contribution is 2.28. The summed E-state index contributed by atoms with van der Waals surface area (Å²) in [5, 5.41) is 31.0. The van der Waals surface area contributed by atoms with Crippen LogP contribution in [0.25, 0.3) is 21.9 Å². The lowest BCUT2D eigenvalue weighted by Crippen LogP contribution is -2.33. The maximum Gasteiger partial charge on any atom is 0.347 e. The maximum atomic E-state index is 12.3. The minimum absolute atomic E-state index is 0.0392. The first-order chi connectivity index (χ1) is 15.3. The van der Waals surface area contributed by atoms with Crippen LogP contribution in [0.1, 0.15) is 15.4 Å². The number of aliphatic hydroxyl groups is 1. The number of carbonyl (C=O) groups excluding carboxylic acids is 1. The first-order valence-corrected chi connectivity index (χ1v) is 10.4. The molecule has 3 aromatic heterocycles. The molecule has 32 heavy (non-hydrogen) atoms. The first-order valence-electron chi connectivity index (χ1n) is 9.63. The molecule has 0 fully saturated rings. The highest BCUT2D eigenvalue weighted by molar-refractivity contribution is 7.17. The molecule has 164 valence electrons. The Bertz CT molecular complexity index is 1310. The molecule has 4 rings (SSSR count). The summed E-state index contributed by atoms with van der Waals surface area (Å²) < 4.78 is 1.72. The third kappa shape index (κ3) is 4.43. The lowest BCUT2D eigenvalue weighted by Gasteiger charge is -2.13. The molecule has 0 saturated heterocycles. The molecule has 3 heterocycles. The van der Waals surface area contributed by atoms with Crippen LogP contribution in [0.3, 0.4) is 0 Å². The molecule has 4 N–H and O–H groups in total. The fourth-order valence-electron chi connectivity index (χ4n) is 3.18. The van der Waals surface area contributed by atoms with E-state index in [1.54, 1.807) is 24.0 Å². The van der Waals surface area contributed by atoms with Crippen LogP contribution >= 0.6 is 11.3 Å². The molecular weight excluding hydrogens is 432 g/mol. The SMILES string of the molecule is Cc1nc(NC(=O)C(O)CNc2nccc3ccc(-c4cnn(C)c4)cc23)sc1C(=O)O. The Balaban J connectivity index is 1.47. The number of pyridine rings is 1. The third-order valence-corrected chi connectivity index (χ3v) is 5.85. The summed E-state index contributed by atoms with van der Waals surface area (Å²) in [6.07, 6.45) is 3.93. The minimum atomic E-state index is -1.40. The van der Waals surface area contributed by atoms with Gasteiger partial charge in [0.15, 0.2) is 5.13 Å². The van der Waals surface area contributed by atoms with Crippen LogP contribution in [0.4, 0.5) is 10.9 Å². The number of benzene rings is 1. The monoisotopic (exact) mass is 452 g/mol. The summed E-state index contributed by atoms with van der Waals surface area (Å²) in [7, 11) is 1.85. The Morgan fingerprint density at radius 1 is 1.25 bits per heavy atom. The summed E-state index contributed by atoms with van der Waals surface area (Å²) in [4.78, 5) is 31.8. The number of aromatic carboxylic acids is 1. The van der Waals surface area contributed by atoms with Gasteiger partial charge in [0, 0.05) is 30.4 Å². The normalized spacial score (nSPS) is 12.0. The third-order valence-electron chi connectivity index (χ3n) is 4.79. The Kier molecular flexibility index (Phi) is 5.84. The van der Waals surface area contributed by atoms with Gasteiger partial charge in [-0.25, -0.2) is 14.8 Å². The predicted molar refractivity (Wildman–Crippen MR) is 121 cm³/mol. The molecule has 1 unspecified atom stereocenters. The van der Waals surface area contributed by atoms with Gasteiger partial charge in [-0.05, 0) is 30.0 Å². The number of carboxylic acids is 1. The van der Waals surface area contributed by atoms with Crippen molar-refractivity contribution in [1.82, 2.24) is 19.7 Å². The van der Waals surface area contributed by atoms with Crippen molar-refractivity contribution in [3.05, 3.63) is 53.4 Å². The van der Waals surface area contributed by atoms with Crippen molar-refractivity contribution in [3.8, 4) is 11.1 Å². The van der Waals surface area contributed by atoms with E-state index < -0.39 is 18.0 Å². The van der Waals surface area contributed by atoms with Crippen LogP contribution in [0.15, 0.2) is 42.9 Å². The number of carbonyl (C=O) groups is 2. The Labute approximate surface area is 186 Å². The van der Waals surface area contributed by atoms with Crippen LogP contribution in [0.2, 0.25) is 0 Å².